The number of rotatable bonds is 5. The second-order valence-corrected chi connectivity index (χ2v) is 7.41. The van der Waals surface area contributed by atoms with E-state index < -0.39 is 0 Å². The number of fused-ring (bicyclic) bond motifs is 1. The van der Waals surface area contributed by atoms with E-state index in [2.05, 4.69) is 47.6 Å². The lowest BCUT2D eigenvalue weighted by Gasteiger charge is -2.29. The molecule has 0 unspecified atom stereocenters. The quantitative estimate of drug-likeness (QED) is 0.601. The molecule has 1 aliphatic rings. The zero-order valence-electron chi connectivity index (χ0n) is 15.9. The molecule has 3 aromatic rings. The molecule has 4 heteroatoms. The number of para-hydroxylation sites is 1. The number of hydrogen-bond donors (Lipinski definition) is 2. The van der Waals surface area contributed by atoms with Crippen LogP contribution in [-0.2, 0) is 13.0 Å². The molecule has 2 amide bonds. The summed E-state index contributed by atoms with van der Waals surface area (Å²) < 4.78 is 0. The van der Waals surface area contributed by atoms with E-state index in [1.54, 1.807) is 0 Å². The molecule has 4 nitrogen and oxygen atoms in total. The summed E-state index contributed by atoms with van der Waals surface area (Å²) in [5.41, 5.74) is 4.43. The summed E-state index contributed by atoms with van der Waals surface area (Å²) in [7, 11) is 0. The van der Waals surface area contributed by atoms with Gasteiger partial charge in [-0.1, -0.05) is 50.1 Å². The van der Waals surface area contributed by atoms with Crippen LogP contribution in [0, 0.1) is 0 Å². The second kappa shape index (κ2) is 7.87. The number of benzene rings is 2. The highest BCUT2D eigenvalue weighted by Gasteiger charge is 2.27. The van der Waals surface area contributed by atoms with Gasteiger partial charge in [-0.05, 0) is 48.6 Å². The number of amides is 2. The number of anilines is 1. The van der Waals surface area contributed by atoms with Gasteiger partial charge in [0.15, 0.2) is 0 Å². The minimum Gasteiger partial charge on any atom is -0.361 e. The molecule has 0 bridgehead atoms. The van der Waals surface area contributed by atoms with Crippen LogP contribution in [0.5, 0.6) is 0 Å². The maximum Gasteiger partial charge on any atom is 0.322 e. The van der Waals surface area contributed by atoms with Crippen LogP contribution in [0.1, 0.15) is 43.7 Å². The highest BCUT2D eigenvalue weighted by molar-refractivity contribution is 5.90. The summed E-state index contributed by atoms with van der Waals surface area (Å²) in [4.78, 5) is 18.5. The first kappa shape index (κ1) is 17.7. The summed E-state index contributed by atoms with van der Waals surface area (Å²) in [5, 5.41) is 4.30. The van der Waals surface area contributed by atoms with E-state index in [-0.39, 0.29) is 6.03 Å². The summed E-state index contributed by atoms with van der Waals surface area (Å²) in [5.74, 6) is 0. The molecule has 1 saturated carbocycles. The Hall–Kier alpha value is -2.75. The van der Waals surface area contributed by atoms with Crippen molar-refractivity contribution < 1.29 is 4.79 Å². The third-order valence-corrected chi connectivity index (χ3v) is 5.66. The molecule has 0 spiro atoms. The van der Waals surface area contributed by atoms with E-state index in [1.807, 2.05) is 29.3 Å². The Morgan fingerprint density at radius 1 is 1.11 bits per heavy atom. The molecule has 140 valence electrons. The molecule has 0 saturated heterocycles. The first-order chi connectivity index (χ1) is 13.2. The average molecular weight is 361 g/mol. The predicted octanol–water partition coefficient (Wildman–Crippen LogP) is 5.71. The Morgan fingerprint density at radius 2 is 1.85 bits per heavy atom. The number of carbonyl (C=O) groups is 1. The van der Waals surface area contributed by atoms with Gasteiger partial charge in [0.1, 0.15) is 0 Å². The van der Waals surface area contributed by atoms with Gasteiger partial charge in [0.05, 0.1) is 0 Å². The normalized spacial score (nSPS) is 14.6. The van der Waals surface area contributed by atoms with E-state index in [0.717, 1.165) is 30.5 Å². The van der Waals surface area contributed by atoms with Crippen LogP contribution >= 0.6 is 0 Å². The van der Waals surface area contributed by atoms with Crippen LogP contribution in [0.3, 0.4) is 0 Å². The van der Waals surface area contributed by atoms with Gasteiger partial charge in [-0.2, -0.15) is 0 Å². The minimum absolute atomic E-state index is 0.00331. The Labute approximate surface area is 160 Å². The van der Waals surface area contributed by atoms with Gasteiger partial charge in [-0.3, -0.25) is 0 Å². The summed E-state index contributed by atoms with van der Waals surface area (Å²) in [6, 6.07) is 16.7. The molecule has 1 heterocycles. The lowest BCUT2D eigenvalue weighted by Crippen LogP contribution is -2.41. The van der Waals surface area contributed by atoms with Crippen LogP contribution in [0.15, 0.2) is 54.7 Å². The van der Waals surface area contributed by atoms with Gasteiger partial charge in [0, 0.05) is 35.4 Å². The average Bonchev–Trinajstić information content (AvgIpc) is 3.37. The lowest BCUT2D eigenvalue weighted by molar-refractivity contribution is 0.185. The van der Waals surface area contributed by atoms with Gasteiger partial charge >= 0.3 is 6.03 Å². The van der Waals surface area contributed by atoms with Crippen molar-refractivity contribution >= 4 is 22.6 Å². The molecule has 1 aromatic heterocycles. The molecule has 27 heavy (non-hydrogen) atoms. The first-order valence-electron chi connectivity index (χ1n) is 9.96. The van der Waals surface area contributed by atoms with Crippen molar-refractivity contribution in [1.82, 2.24) is 9.88 Å². The minimum atomic E-state index is -0.00331. The Morgan fingerprint density at radius 3 is 2.59 bits per heavy atom. The van der Waals surface area contributed by atoms with E-state index in [0.29, 0.717) is 12.6 Å². The van der Waals surface area contributed by atoms with Gasteiger partial charge in [0.2, 0.25) is 0 Å². The van der Waals surface area contributed by atoms with E-state index >= 15 is 0 Å². The SMILES string of the molecule is CCc1ccc(NC(=O)N(Cc2c[nH]c3ccccc23)C2CCCC2)cc1. The Balaban J connectivity index is 1.55. The topological polar surface area (TPSA) is 48.1 Å². The maximum atomic E-state index is 13.1. The fourth-order valence-corrected chi connectivity index (χ4v) is 4.05. The zero-order valence-corrected chi connectivity index (χ0v) is 15.9. The molecule has 0 aliphatic heterocycles. The summed E-state index contributed by atoms with van der Waals surface area (Å²) in [6.45, 7) is 2.77. The van der Waals surface area contributed by atoms with E-state index in [9.17, 15) is 4.79 Å². The molecule has 4 rings (SSSR count). The number of carbonyl (C=O) groups excluding carboxylic acids is 1. The third kappa shape index (κ3) is 3.85. The van der Waals surface area contributed by atoms with Crippen molar-refractivity contribution in [2.45, 2.75) is 51.6 Å². The van der Waals surface area contributed by atoms with Crippen LogP contribution in [0.2, 0.25) is 0 Å². The highest BCUT2D eigenvalue weighted by Crippen LogP contribution is 2.28. The number of urea groups is 1. The van der Waals surface area contributed by atoms with Crippen LogP contribution in [-0.4, -0.2) is 22.0 Å². The smallest absolute Gasteiger partial charge is 0.322 e. The van der Waals surface area contributed by atoms with Crippen molar-refractivity contribution in [1.29, 1.82) is 0 Å². The Kier molecular flexibility index (Phi) is 5.14. The van der Waals surface area contributed by atoms with Crippen molar-refractivity contribution in [3.8, 4) is 0 Å². The lowest BCUT2D eigenvalue weighted by atomic mass is 10.1. The third-order valence-electron chi connectivity index (χ3n) is 5.66. The monoisotopic (exact) mass is 361 g/mol. The number of nitrogens with zero attached hydrogens (tertiary/aromatic N) is 1. The van der Waals surface area contributed by atoms with Gasteiger partial charge < -0.3 is 15.2 Å². The predicted molar refractivity (Wildman–Crippen MR) is 111 cm³/mol. The number of aromatic nitrogens is 1. The molecule has 1 fully saturated rings. The number of hydrogen-bond acceptors (Lipinski definition) is 1. The Bertz CT molecular complexity index is 907. The molecule has 1 aliphatic carbocycles. The molecular weight excluding hydrogens is 334 g/mol. The van der Waals surface area contributed by atoms with Crippen LogP contribution in [0.25, 0.3) is 10.9 Å². The molecule has 0 atom stereocenters. The highest BCUT2D eigenvalue weighted by atomic mass is 16.2. The summed E-state index contributed by atoms with van der Waals surface area (Å²) in [6.07, 6.45) is 7.62. The summed E-state index contributed by atoms with van der Waals surface area (Å²) >= 11 is 0. The van der Waals surface area contributed by atoms with E-state index in [4.69, 9.17) is 0 Å². The van der Waals surface area contributed by atoms with Crippen LogP contribution < -0.4 is 5.32 Å². The van der Waals surface area contributed by atoms with Crippen molar-refractivity contribution in [2.75, 3.05) is 5.32 Å². The van der Waals surface area contributed by atoms with Crippen molar-refractivity contribution in [3.63, 3.8) is 0 Å². The fourth-order valence-electron chi connectivity index (χ4n) is 4.05. The van der Waals surface area contributed by atoms with Crippen molar-refractivity contribution in [2.24, 2.45) is 0 Å². The number of H-pyrrole nitrogens is 1. The van der Waals surface area contributed by atoms with Gasteiger partial charge in [0.25, 0.3) is 0 Å². The molecule has 0 radical (unpaired) electrons. The van der Waals surface area contributed by atoms with Crippen LogP contribution in [0.4, 0.5) is 10.5 Å². The van der Waals surface area contributed by atoms with E-state index in [1.165, 1.54) is 29.4 Å². The fraction of sp³-hybridized carbons (Fsp3) is 0.348. The molecular formula is C23H27N3O. The standard InChI is InChI=1S/C23H27N3O/c1-2-17-11-13-19(14-12-17)25-23(27)26(20-7-3-4-8-20)16-18-15-24-22-10-6-5-9-21(18)22/h5-6,9-15,20,24H,2-4,7-8,16H2,1H3,(H,25,27). The maximum absolute atomic E-state index is 13.1. The largest absolute Gasteiger partial charge is 0.361 e. The number of nitrogens with one attached hydrogen (secondary N) is 2. The number of aryl methyl sites for hydroxylation is 1. The van der Waals surface area contributed by atoms with Crippen molar-refractivity contribution in [3.05, 3.63) is 65.9 Å². The zero-order chi connectivity index (χ0) is 18.6. The molecule has 2 N–H and O–H groups in total. The van der Waals surface area contributed by atoms with Gasteiger partial charge in [-0.15, -0.1) is 0 Å². The second-order valence-electron chi connectivity index (χ2n) is 7.41. The molecule has 2 aromatic carbocycles. The van der Waals surface area contributed by atoms with Gasteiger partial charge in [-0.25, -0.2) is 4.79 Å². The number of aromatic amines is 1. The first-order valence-corrected chi connectivity index (χ1v) is 9.96.